The Hall–Kier alpha value is -1.15. The molecule has 0 bridgehead atoms. The zero-order valence-corrected chi connectivity index (χ0v) is 10.8. The zero-order valence-electron chi connectivity index (χ0n) is 10.8. The second-order valence-electron chi connectivity index (χ2n) is 4.69. The van der Waals surface area contributed by atoms with E-state index in [0.717, 1.165) is 19.4 Å². The fourth-order valence-corrected chi connectivity index (χ4v) is 1.89. The van der Waals surface area contributed by atoms with Gasteiger partial charge < -0.3 is 9.53 Å². The highest BCUT2D eigenvalue weighted by atomic mass is 16.5. The van der Waals surface area contributed by atoms with Crippen LogP contribution in [0.4, 0.5) is 0 Å². The summed E-state index contributed by atoms with van der Waals surface area (Å²) in [6.45, 7) is 5.24. The first-order chi connectivity index (χ1) is 8.18. The first kappa shape index (κ1) is 13.9. The molecule has 0 aliphatic rings. The SMILES string of the molecule is CC(=O)CC(C)CCCOCc1ccccc1. The van der Waals surface area contributed by atoms with Crippen LogP contribution in [0, 0.1) is 5.92 Å². The van der Waals surface area contributed by atoms with E-state index in [9.17, 15) is 4.79 Å². The van der Waals surface area contributed by atoms with Crippen LogP contribution in [0.15, 0.2) is 30.3 Å². The Morgan fingerprint density at radius 1 is 1.29 bits per heavy atom. The second kappa shape index (κ2) is 8.02. The van der Waals surface area contributed by atoms with Crippen molar-refractivity contribution in [1.82, 2.24) is 0 Å². The van der Waals surface area contributed by atoms with Gasteiger partial charge in [-0.25, -0.2) is 0 Å². The predicted octanol–water partition coefficient (Wildman–Crippen LogP) is 3.60. The van der Waals surface area contributed by atoms with Crippen LogP contribution in [-0.2, 0) is 16.1 Å². The van der Waals surface area contributed by atoms with Crippen LogP contribution in [0.3, 0.4) is 0 Å². The van der Waals surface area contributed by atoms with Gasteiger partial charge >= 0.3 is 0 Å². The molecule has 1 aromatic carbocycles. The van der Waals surface area contributed by atoms with Gasteiger partial charge in [0.25, 0.3) is 0 Å². The number of carbonyl (C=O) groups excluding carboxylic acids is 1. The van der Waals surface area contributed by atoms with Crippen molar-refractivity contribution in [3.05, 3.63) is 35.9 Å². The van der Waals surface area contributed by atoms with Crippen LogP contribution >= 0.6 is 0 Å². The molecule has 94 valence electrons. The van der Waals surface area contributed by atoms with Gasteiger partial charge in [0.1, 0.15) is 5.78 Å². The minimum atomic E-state index is 0.280. The predicted molar refractivity (Wildman–Crippen MR) is 69.8 cm³/mol. The minimum Gasteiger partial charge on any atom is -0.377 e. The summed E-state index contributed by atoms with van der Waals surface area (Å²) >= 11 is 0. The number of hydrogen-bond donors (Lipinski definition) is 0. The number of hydrogen-bond acceptors (Lipinski definition) is 2. The van der Waals surface area contributed by atoms with Crippen molar-refractivity contribution in [3.8, 4) is 0 Å². The summed E-state index contributed by atoms with van der Waals surface area (Å²) in [7, 11) is 0. The van der Waals surface area contributed by atoms with Crippen molar-refractivity contribution < 1.29 is 9.53 Å². The molecule has 2 heteroatoms. The van der Waals surface area contributed by atoms with Crippen LogP contribution in [-0.4, -0.2) is 12.4 Å². The molecule has 0 aliphatic carbocycles. The molecule has 0 aromatic heterocycles. The maximum atomic E-state index is 10.9. The average molecular weight is 234 g/mol. The van der Waals surface area contributed by atoms with E-state index in [0.29, 0.717) is 18.9 Å². The molecule has 0 amide bonds. The lowest BCUT2D eigenvalue weighted by molar-refractivity contribution is -0.117. The highest BCUT2D eigenvalue weighted by Gasteiger charge is 2.04. The third-order valence-corrected chi connectivity index (χ3v) is 2.73. The summed E-state index contributed by atoms with van der Waals surface area (Å²) in [6, 6.07) is 10.2. The molecule has 17 heavy (non-hydrogen) atoms. The van der Waals surface area contributed by atoms with Gasteiger partial charge in [-0.05, 0) is 31.2 Å². The van der Waals surface area contributed by atoms with E-state index >= 15 is 0 Å². The van der Waals surface area contributed by atoms with Gasteiger partial charge in [0.2, 0.25) is 0 Å². The van der Waals surface area contributed by atoms with E-state index < -0.39 is 0 Å². The second-order valence-corrected chi connectivity index (χ2v) is 4.69. The van der Waals surface area contributed by atoms with E-state index in [2.05, 4.69) is 19.1 Å². The Kier molecular flexibility index (Phi) is 6.56. The van der Waals surface area contributed by atoms with Gasteiger partial charge in [0.05, 0.1) is 6.61 Å². The number of carbonyl (C=O) groups is 1. The van der Waals surface area contributed by atoms with Gasteiger partial charge in [0, 0.05) is 13.0 Å². The lowest BCUT2D eigenvalue weighted by atomic mass is 10.0. The molecule has 1 atom stereocenters. The van der Waals surface area contributed by atoms with Crippen LogP contribution in [0.2, 0.25) is 0 Å². The molecule has 0 spiro atoms. The highest BCUT2D eigenvalue weighted by Crippen LogP contribution is 2.11. The number of rotatable bonds is 8. The molecule has 0 saturated carbocycles. The van der Waals surface area contributed by atoms with E-state index in [1.165, 1.54) is 5.56 Å². The van der Waals surface area contributed by atoms with E-state index in [1.54, 1.807) is 6.92 Å². The molecule has 0 fully saturated rings. The van der Waals surface area contributed by atoms with E-state index in [4.69, 9.17) is 4.74 Å². The minimum absolute atomic E-state index is 0.280. The van der Waals surface area contributed by atoms with Crippen molar-refractivity contribution in [3.63, 3.8) is 0 Å². The topological polar surface area (TPSA) is 26.3 Å². The van der Waals surface area contributed by atoms with Gasteiger partial charge in [-0.3, -0.25) is 0 Å². The van der Waals surface area contributed by atoms with Gasteiger partial charge in [0.15, 0.2) is 0 Å². The molecule has 1 aromatic rings. The van der Waals surface area contributed by atoms with E-state index in [-0.39, 0.29) is 5.78 Å². The molecule has 1 rings (SSSR count). The summed E-state index contributed by atoms with van der Waals surface area (Å²) in [6.07, 6.45) is 2.79. The Labute approximate surface area is 104 Å². The summed E-state index contributed by atoms with van der Waals surface area (Å²) in [5.41, 5.74) is 1.21. The summed E-state index contributed by atoms with van der Waals surface area (Å²) in [5.74, 6) is 0.760. The molecule has 1 unspecified atom stereocenters. The van der Waals surface area contributed by atoms with Gasteiger partial charge in [-0.2, -0.15) is 0 Å². The van der Waals surface area contributed by atoms with Crippen molar-refractivity contribution >= 4 is 5.78 Å². The molecule has 0 aliphatic heterocycles. The molecule has 0 heterocycles. The van der Waals surface area contributed by atoms with Gasteiger partial charge in [-0.1, -0.05) is 37.3 Å². The van der Waals surface area contributed by atoms with Gasteiger partial charge in [-0.15, -0.1) is 0 Å². The normalized spacial score (nSPS) is 12.4. The lowest BCUT2D eigenvalue weighted by Gasteiger charge is -2.09. The Bertz CT molecular complexity index is 319. The fraction of sp³-hybridized carbons (Fsp3) is 0.533. The molecule has 2 nitrogen and oxygen atoms in total. The quantitative estimate of drug-likeness (QED) is 0.642. The standard InChI is InChI=1S/C15H22O2/c1-13(11-14(2)16)7-6-10-17-12-15-8-4-3-5-9-15/h3-5,8-9,13H,6-7,10-12H2,1-2H3. The number of ether oxygens (including phenoxy) is 1. The van der Waals surface area contributed by atoms with Crippen molar-refractivity contribution in [1.29, 1.82) is 0 Å². The summed E-state index contributed by atoms with van der Waals surface area (Å²) in [4.78, 5) is 10.9. The maximum Gasteiger partial charge on any atom is 0.130 e. The average Bonchev–Trinajstić information content (AvgIpc) is 2.29. The van der Waals surface area contributed by atoms with Crippen molar-refractivity contribution in [2.45, 2.75) is 39.7 Å². The first-order valence-electron chi connectivity index (χ1n) is 6.29. The van der Waals surface area contributed by atoms with Crippen LogP contribution in [0.5, 0.6) is 0 Å². The van der Waals surface area contributed by atoms with Crippen LogP contribution in [0.1, 0.15) is 38.7 Å². The summed E-state index contributed by atoms with van der Waals surface area (Å²) < 4.78 is 5.59. The number of ketones is 1. The van der Waals surface area contributed by atoms with Crippen molar-refractivity contribution in [2.75, 3.05) is 6.61 Å². The molecular weight excluding hydrogens is 212 g/mol. The molecule has 0 N–H and O–H groups in total. The zero-order chi connectivity index (χ0) is 12.5. The largest absolute Gasteiger partial charge is 0.377 e. The van der Waals surface area contributed by atoms with Crippen molar-refractivity contribution in [2.24, 2.45) is 5.92 Å². The third-order valence-electron chi connectivity index (χ3n) is 2.73. The highest BCUT2D eigenvalue weighted by molar-refractivity contribution is 5.75. The monoisotopic (exact) mass is 234 g/mol. The smallest absolute Gasteiger partial charge is 0.130 e. The summed E-state index contributed by atoms with van der Waals surface area (Å²) in [5, 5.41) is 0. The molecular formula is C15H22O2. The third kappa shape index (κ3) is 6.90. The fourth-order valence-electron chi connectivity index (χ4n) is 1.89. The van der Waals surface area contributed by atoms with E-state index in [1.807, 2.05) is 18.2 Å². The van der Waals surface area contributed by atoms with Crippen LogP contribution < -0.4 is 0 Å². The van der Waals surface area contributed by atoms with Crippen LogP contribution in [0.25, 0.3) is 0 Å². The Balaban J connectivity index is 2.03. The Morgan fingerprint density at radius 3 is 2.65 bits per heavy atom. The number of benzene rings is 1. The Morgan fingerprint density at radius 2 is 2.00 bits per heavy atom. The molecule has 0 radical (unpaired) electrons. The number of Topliss-reactive ketones (excluding diaryl/α,β-unsaturated/α-hetero) is 1. The first-order valence-corrected chi connectivity index (χ1v) is 6.29. The lowest BCUT2D eigenvalue weighted by Crippen LogP contribution is -2.04. The maximum absolute atomic E-state index is 10.9. The molecule has 0 saturated heterocycles.